The second-order valence-electron chi connectivity index (χ2n) is 7.68. The van der Waals surface area contributed by atoms with E-state index < -0.39 is 5.97 Å². The Morgan fingerprint density at radius 1 is 1.22 bits per heavy atom. The number of nitrogens with two attached hydrogens (primary N) is 1. The Hall–Kier alpha value is -2.32. The Balaban J connectivity index is 0.00000181. The summed E-state index contributed by atoms with van der Waals surface area (Å²) in [5.41, 5.74) is 7.29. The fraction of sp³-hybridized carbons (Fsp3) is 0.304. The van der Waals surface area contributed by atoms with E-state index in [1.807, 2.05) is 42.5 Å². The van der Waals surface area contributed by atoms with Crippen molar-refractivity contribution < 1.29 is 14.6 Å². The third kappa shape index (κ3) is 6.36. The summed E-state index contributed by atoms with van der Waals surface area (Å²) in [6.07, 6.45) is 1.91. The molecule has 0 radical (unpaired) electrons. The van der Waals surface area contributed by atoms with Gasteiger partial charge >= 0.3 is 5.97 Å². The van der Waals surface area contributed by atoms with Gasteiger partial charge in [-0.25, -0.2) is 0 Å². The number of halogens is 2. The SMILES string of the molecule is Cl.Cl.N=C(N)c1ccc2sc(CC(CC(=O)O)c3ccc(O[C@H]4CCNC4)cc3)cc2c1. The Morgan fingerprint density at radius 3 is 2.59 bits per heavy atom. The highest BCUT2D eigenvalue weighted by molar-refractivity contribution is 7.19. The van der Waals surface area contributed by atoms with Gasteiger partial charge in [0.1, 0.15) is 17.7 Å². The summed E-state index contributed by atoms with van der Waals surface area (Å²) in [5, 5.41) is 21.4. The lowest BCUT2D eigenvalue weighted by molar-refractivity contribution is -0.137. The lowest BCUT2D eigenvalue weighted by Crippen LogP contribution is -2.19. The number of carboxylic acids is 1. The quantitative estimate of drug-likeness (QED) is 0.270. The van der Waals surface area contributed by atoms with Crippen LogP contribution < -0.4 is 15.8 Å². The van der Waals surface area contributed by atoms with E-state index in [9.17, 15) is 9.90 Å². The number of thiophene rings is 1. The highest BCUT2D eigenvalue weighted by atomic mass is 35.5. The van der Waals surface area contributed by atoms with E-state index in [2.05, 4.69) is 11.4 Å². The molecular weight excluding hydrogens is 469 g/mol. The largest absolute Gasteiger partial charge is 0.489 e. The molecule has 0 aliphatic carbocycles. The number of carboxylic acid groups (broad SMARTS) is 1. The predicted octanol–water partition coefficient (Wildman–Crippen LogP) is 4.57. The maximum atomic E-state index is 11.5. The zero-order valence-electron chi connectivity index (χ0n) is 17.4. The first-order chi connectivity index (χ1) is 14.5. The number of aliphatic carboxylic acids is 1. The number of ether oxygens (including phenoxy) is 1. The Kier molecular flexibility index (Phi) is 9.33. The smallest absolute Gasteiger partial charge is 0.303 e. The lowest BCUT2D eigenvalue weighted by Gasteiger charge is -2.17. The number of hydrogen-bond donors (Lipinski definition) is 4. The Morgan fingerprint density at radius 2 is 1.97 bits per heavy atom. The lowest BCUT2D eigenvalue weighted by atomic mass is 9.91. The van der Waals surface area contributed by atoms with Gasteiger partial charge in [-0.3, -0.25) is 10.2 Å². The van der Waals surface area contributed by atoms with Crippen LogP contribution >= 0.6 is 36.2 Å². The van der Waals surface area contributed by atoms with E-state index in [0.717, 1.165) is 45.8 Å². The van der Waals surface area contributed by atoms with Crippen LogP contribution in [0.5, 0.6) is 5.75 Å². The molecule has 1 aliphatic rings. The van der Waals surface area contributed by atoms with Gasteiger partial charge in [-0.1, -0.05) is 12.1 Å². The molecule has 1 unspecified atom stereocenters. The van der Waals surface area contributed by atoms with Crippen LogP contribution in [0.4, 0.5) is 0 Å². The number of nitrogens with one attached hydrogen (secondary N) is 2. The number of carbonyl (C=O) groups is 1. The van der Waals surface area contributed by atoms with Crippen LogP contribution in [0.1, 0.15) is 34.8 Å². The van der Waals surface area contributed by atoms with Gasteiger partial charge in [0.25, 0.3) is 0 Å². The highest BCUT2D eigenvalue weighted by Gasteiger charge is 2.19. The van der Waals surface area contributed by atoms with Crippen LogP contribution in [0.2, 0.25) is 0 Å². The average molecular weight is 496 g/mol. The summed E-state index contributed by atoms with van der Waals surface area (Å²) in [7, 11) is 0. The van der Waals surface area contributed by atoms with E-state index >= 15 is 0 Å². The van der Waals surface area contributed by atoms with Gasteiger partial charge in [-0.15, -0.1) is 36.2 Å². The minimum atomic E-state index is -0.808. The number of amidine groups is 1. The van der Waals surface area contributed by atoms with Gasteiger partial charge in [0.15, 0.2) is 0 Å². The number of fused-ring (bicyclic) bond motifs is 1. The van der Waals surface area contributed by atoms with E-state index in [0.29, 0.717) is 12.0 Å². The van der Waals surface area contributed by atoms with Crippen LogP contribution in [-0.4, -0.2) is 36.1 Å². The van der Waals surface area contributed by atoms with Crippen molar-refractivity contribution in [2.75, 3.05) is 13.1 Å². The van der Waals surface area contributed by atoms with Gasteiger partial charge < -0.3 is 20.9 Å². The first kappa shape index (κ1) is 25.9. The summed E-state index contributed by atoms with van der Waals surface area (Å²) < 4.78 is 7.08. The minimum Gasteiger partial charge on any atom is -0.489 e. The van der Waals surface area contributed by atoms with E-state index in [-0.39, 0.29) is 49.1 Å². The molecule has 1 fully saturated rings. The Labute approximate surface area is 203 Å². The molecule has 0 spiro atoms. The van der Waals surface area contributed by atoms with Crippen LogP contribution in [0.15, 0.2) is 48.5 Å². The van der Waals surface area contributed by atoms with Crippen molar-refractivity contribution in [1.82, 2.24) is 5.32 Å². The molecule has 6 nitrogen and oxygen atoms in total. The monoisotopic (exact) mass is 495 g/mol. The Bertz CT molecular complexity index is 1070. The fourth-order valence-electron chi connectivity index (χ4n) is 3.87. The normalized spacial score (nSPS) is 16.1. The molecular formula is C23H27Cl2N3O3S. The van der Waals surface area contributed by atoms with Crippen molar-refractivity contribution in [2.24, 2.45) is 5.73 Å². The molecule has 2 atom stereocenters. The van der Waals surface area contributed by atoms with E-state index in [1.165, 1.54) is 0 Å². The van der Waals surface area contributed by atoms with Crippen molar-refractivity contribution in [1.29, 1.82) is 5.41 Å². The number of benzene rings is 2. The molecule has 4 rings (SSSR count). The van der Waals surface area contributed by atoms with Gasteiger partial charge in [0.2, 0.25) is 0 Å². The number of hydrogen-bond acceptors (Lipinski definition) is 5. The van der Waals surface area contributed by atoms with Gasteiger partial charge in [0, 0.05) is 21.7 Å². The van der Waals surface area contributed by atoms with Crippen LogP contribution in [-0.2, 0) is 11.2 Å². The number of nitrogen functional groups attached to an aromatic ring is 1. The molecule has 172 valence electrons. The highest BCUT2D eigenvalue weighted by Crippen LogP contribution is 2.33. The molecule has 3 aromatic rings. The third-order valence-electron chi connectivity index (χ3n) is 5.42. The minimum absolute atomic E-state index is 0. The zero-order chi connectivity index (χ0) is 21.1. The first-order valence-electron chi connectivity index (χ1n) is 10.0. The molecule has 2 heterocycles. The summed E-state index contributed by atoms with van der Waals surface area (Å²) in [6.45, 7) is 1.84. The molecule has 5 N–H and O–H groups in total. The predicted molar refractivity (Wildman–Crippen MR) is 134 cm³/mol. The second kappa shape index (κ2) is 11.5. The molecule has 0 bridgehead atoms. The van der Waals surface area contributed by atoms with Gasteiger partial charge in [0.05, 0.1) is 6.42 Å². The molecule has 0 amide bonds. The maximum absolute atomic E-state index is 11.5. The van der Waals surface area contributed by atoms with Gasteiger partial charge in [-0.05, 0) is 72.7 Å². The van der Waals surface area contributed by atoms with Crippen molar-refractivity contribution in [3.8, 4) is 5.75 Å². The fourth-order valence-corrected chi connectivity index (χ4v) is 4.99. The molecule has 32 heavy (non-hydrogen) atoms. The molecule has 0 saturated carbocycles. The van der Waals surface area contributed by atoms with Crippen LogP contribution in [0.3, 0.4) is 0 Å². The maximum Gasteiger partial charge on any atom is 0.303 e. The second-order valence-corrected chi connectivity index (χ2v) is 8.85. The summed E-state index contributed by atoms with van der Waals surface area (Å²) >= 11 is 1.66. The zero-order valence-corrected chi connectivity index (χ0v) is 19.8. The molecule has 1 aromatic heterocycles. The standard InChI is InChI=1S/C23H25N3O3S.2ClH/c24-23(25)15-3-6-21-17(9-15)11-20(30-21)10-16(12-22(27)28)14-1-4-18(5-2-14)29-19-7-8-26-13-19;;/h1-6,9,11,16,19,26H,7-8,10,12-13H2,(H3,24,25)(H,27,28);2*1H/t16?,19-;;/m0../s1. The summed E-state index contributed by atoms with van der Waals surface area (Å²) in [6, 6.07) is 15.6. The van der Waals surface area contributed by atoms with Crippen molar-refractivity contribution in [3.05, 3.63) is 64.5 Å². The topological polar surface area (TPSA) is 108 Å². The first-order valence-corrected chi connectivity index (χ1v) is 10.9. The molecule has 1 saturated heterocycles. The molecule has 2 aromatic carbocycles. The summed E-state index contributed by atoms with van der Waals surface area (Å²) in [4.78, 5) is 12.6. The van der Waals surface area contributed by atoms with Crippen molar-refractivity contribution in [3.63, 3.8) is 0 Å². The van der Waals surface area contributed by atoms with Crippen LogP contribution in [0, 0.1) is 5.41 Å². The summed E-state index contributed by atoms with van der Waals surface area (Å²) in [5.74, 6) is -0.0633. The van der Waals surface area contributed by atoms with Gasteiger partial charge in [-0.2, -0.15) is 0 Å². The average Bonchev–Trinajstić information content (AvgIpc) is 3.36. The van der Waals surface area contributed by atoms with Crippen molar-refractivity contribution >= 4 is 58.0 Å². The molecule has 9 heteroatoms. The van der Waals surface area contributed by atoms with E-state index in [4.69, 9.17) is 15.9 Å². The molecule has 1 aliphatic heterocycles. The number of rotatable bonds is 8. The van der Waals surface area contributed by atoms with E-state index in [1.54, 1.807) is 11.3 Å². The van der Waals surface area contributed by atoms with Crippen LogP contribution in [0.25, 0.3) is 10.1 Å². The third-order valence-corrected chi connectivity index (χ3v) is 6.55. The van der Waals surface area contributed by atoms with Crippen molar-refractivity contribution in [2.45, 2.75) is 31.3 Å².